The average molecular weight is 615 g/mol. The summed E-state index contributed by atoms with van der Waals surface area (Å²) in [7, 11) is -3.42. The molecule has 2 aromatic carbocycles. The van der Waals surface area contributed by atoms with Crippen molar-refractivity contribution in [3.8, 4) is 11.1 Å². The van der Waals surface area contributed by atoms with Gasteiger partial charge in [0.05, 0.1) is 16.6 Å². The average Bonchev–Trinajstić information content (AvgIpc) is 3.31. The van der Waals surface area contributed by atoms with Crippen molar-refractivity contribution in [3.63, 3.8) is 0 Å². The normalized spacial score (nSPS) is 14.3. The number of nitrogens with one attached hydrogen (secondary N) is 1. The van der Waals surface area contributed by atoms with Gasteiger partial charge in [0.1, 0.15) is 12.4 Å². The summed E-state index contributed by atoms with van der Waals surface area (Å²) in [6.07, 6.45) is 0.133. The van der Waals surface area contributed by atoms with Crippen molar-refractivity contribution >= 4 is 15.7 Å². The maximum atomic E-state index is 14.3. The molecule has 0 saturated heterocycles. The van der Waals surface area contributed by atoms with Crippen LogP contribution in [0.1, 0.15) is 52.7 Å². The number of aromatic nitrogens is 3. The molecule has 1 aliphatic rings. The van der Waals surface area contributed by atoms with Crippen LogP contribution >= 0.6 is 0 Å². The Balaban J connectivity index is 1.50. The van der Waals surface area contributed by atoms with Crippen LogP contribution in [0.3, 0.4) is 0 Å². The van der Waals surface area contributed by atoms with Gasteiger partial charge >= 0.3 is 6.18 Å². The fourth-order valence-electron chi connectivity index (χ4n) is 5.61. The van der Waals surface area contributed by atoms with Gasteiger partial charge in [0.25, 0.3) is 0 Å². The van der Waals surface area contributed by atoms with Crippen molar-refractivity contribution in [2.75, 3.05) is 6.26 Å². The number of sulfone groups is 1. The lowest BCUT2D eigenvalue weighted by atomic mass is 9.95. The number of rotatable bonds is 8. The third-order valence-electron chi connectivity index (χ3n) is 7.46. The minimum atomic E-state index is -4.63. The van der Waals surface area contributed by atoms with Crippen LogP contribution in [-0.2, 0) is 46.6 Å². The highest BCUT2D eigenvalue weighted by molar-refractivity contribution is 7.90. The fraction of sp³-hybridized carbons (Fsp3) is 0.323. The first-order valence-corrected chi connectivity index (χ1v) is 15.7. The highest BCUT2D eigenvalue weighted by Gasteiger charge is 2.39. The van der Waals surface area contributed by atoms with Crippen molar-refractivity contribution in [2.24, 2.45) is 0 Å². The van der Waals surface area contributed by atoms with Gasteiger partial charge in [0.15, 0.2) is 15.5 Å². The standard InChI is InChI=1S/C31H30F4N4O3S/c1-19-14-20(16-22(32)15-19)17-26(29-24(7-5-13-36-29)21-9-11-23(12-10-21)43(2,41)42)37-28(40)18-39-27-8-4-3-6-25(27)30(38-39)31(33,34)35/h5,7,9-16,26H,3-4,6,8,17-18H2,1-2H3,(H,37,40)/t26-/m0/s1. The van der Waals surface area contributed by atoms with Crippen LogP contribution in [-0.4, -0.2) is 35.3 Å². The van der Waals surface area contributed by atoms with E-state index < -0.39 is 46.0 Å². The molecule has 1 atom stereocenters. The van der Waals surface area contributed by atoms with E-state index in [1.165, 1.54) is 24.3 Å². The molecule has 0 aliphatic heterocycles. The molecule has 1 amide bonds. The Hall–Kier alpha value is -4.06. The Kier molecular flexibility index (Phi) is 8.42. The summed E-state index contributed by atoms with van der Waals surface area (Å²) >= 11 is 0. The van der Waals surface area contributed by atoms with E-state index in [9.17, 15) is 30.8 Å². The number of pyridine rings is 1. The van der Waals surface area contributed by atoms with Crippen LogP contribution in [0.2, 0.25) is 0 Å². The zero-order valence-electron chi connectivity index (χ0n) is 23.6. The van der Waals surface area contributed by atoms with Gasteiger partial charge in [0, 0.05) is 29.3 Å². The number of hydrogen-bond acceptors (Lipinski definition) is 5. The molecule has 2 aromatic heterocycles. The summed E-state index contributed by atoms with van der Waals surface area (Å²) in [6, 6.07) is 13.4. The number of fused-ring (bicyclic) bond motifs is 1. The van der Waals surface area contributed by atoms with Crippen LogP contribution in [0.25, 0.3) is 11.1 Å². The van der Waals surface area contributed by atoms with E-state index in [1.54, 1.807) is 43.5 Å². The summed E-state index contributed by atoms with van der Waals surface area (Å²) in [5.74, 6) is -1.02. The Bertz CT molecular complexity index is 1750. The number of carbonyl (C=O) groups is 1. The molecule has 43 heavy (non-hydrogen) atoms. The van der Waals surface area contributed by atoms with E-state index in [0.717, 1.165) is 10.9 Å². The molecule has 0 radical (unpaired) electrons. The molecule has 1 aliphatic carbocycles. The number of alkyl halides is 3. The largest absolute Gasteiger partial charge is 0.435 e. The highest BCUT2D eigenvalue weighted by atomic mass is 32.2. The van der Waals surface area contributed by atoms with Gasteiger partial charge in [-0.3, -0.25) is 14.5 Å². The van der Waals surface area contributed by atoms with Crippen LogP contribution in [0, 0.1) is 12.7 Å². The fourth-order valence-corrected chi connectivity index (χ4v) is 6.24. The number of halogens is 4. The van der Waals surface area contributed by atoms with Crippen molar-refractivity contribution in [1.29, 1.82) is 0 Å². The zero-order chi connectivity index (χ0) is 30.9. The molecule has 0 bridgehead atoms. The van der Waals surface area contributed by atoms with Crippen molar-refractivity contribution in [1.82, 2.24) is 20.1 Å². The van der Waals surface area contributed by atoms with Crippen molar-refractivity contribution in [3.05, 3.63) is 100 Å². The molecule has 0 saturated carbocycles. The maximum absolute atomic E-state index is 14.3. The first-order chi connectivity index (χ1) is 20.3. The maximum Gasteiger partial charge on any atom is 0.435 e. The second kappa shape index (κ2) is 11.9. The summed E-state index contributed by atoms with van der Waals surface area (Å²) in [5.41, 5.74) is 2.55. The predicted molar refractivity (Wildman–Crippen MR) is 152 cm³/mol. The van der Waals surface area contributed by atoms with Crippen LogP contribution in [0.4, 0.5) is 17.6 Å². The van der Waals surface area contributed by atoms with Crippen LogP contribution in [0.5, 0.6) is 0 Å². The molecule has 5 rings (SSSR count). The highest BCUT2D eigenvalue weighted by Crippen LogP contribution is 2.36. The molecule has 12 heteroatoms. The molecule has 0 spiro atoms. The quantitative estimate of drug-likeness (QED) is 0.254. The first kappa shape index (κ1) is 30.4. The van der Waals surface area contributed by atoms with Gasteiger partial charge in [-0.15, -0.1) is 0 Å². The van der Waals surface area contributed by atoms with Gasteiger partial charge in [-0.05, 0) is 86.1 Å². The van der Waals surface area contributed by atoms with Gasteiger partial charge in [-0.2, -0.15) is 18.3 Å². The number of amides is 1. The smallest absolute Gasteiger partial charge is 0.346 e. The lowest BCUT2D eigenvalue weighted by Gasteiger charge is -2.22. The monoisotopic (exact) mass is 614 g/mol. The Morgan fingerprint density at radius 2 is 1.79 bits per heavy atom. The predicted octanol–water partition coefficient (Wildman–Crippen LogP) is 5.79. The second-order valence-electron chi connectivity index (χ2n) is 10.8. The molecular formula is C31H30F4N4O3S. The summed E-state index contributed by atoms with van der Waals surface area (Å²) in [4.78, 5) is 18.1. The van der Waals surface area contributed by atoms with E-state index in [0.29, 0.717) is 52.9 Å². The zero-order valence-corrected chi connectivity index (χ0v) is 24.4. The van der Waals surface area contributed by atoms with Crippen molar-refractivity contribution in [2.45, 2.75) is 62.7 Å². The third kappa shape index (κ3) is 6.96. The van der Waals surface area contributed by atoms with Crippen molar-refractivity contribution < 1.29 is 30.8 Å². The molecule has 0 unspecified atom stereocenters. The number of nitrogens with zero attached hydrogens (tertiary/aromatic N) is 3. The molecule has 2 heterocycles. The van der Waals surface area contributed by atoms with E-state index in [1.807, 2.05) is 0 Å². The Labute approximate surface area is 246 Å². The molecule has 7 nitrogen and oxygen atoms in total. The number of aryl methyl sites for hydroxylation is 1. The third-order valence-corrected chi connectivity index (χ3v) is 8.59. The molecule has 0 fully saturated rings. The van der Waals surface area contributed by atoms with Crippen LogP contribution in [0.15, 0.2) is 65.7 Å². The lowest BCUT2D eigenvalue weighted by Crippen LogP contribution is -2.34. The number of benzene rings is 2. The van der Waals surface area contributed by atoms with Crippen LogP contribution < -0.4 is 5.32 Å². The summed E-state index contributed by atoms with van der Waals surface area (Å²) in [6.45, 7) is 1.32. The molecule has 226 valence electrons. The van der Waals surface area contributed by atoms with E-state index in [-0.39, 0.29) is 23.3 Å². The number of carbonyl (C=O) groups excluding carboxylic acids is 1. The lowest BCUT2D eigenvalue weighted by molar-refractivity contribution is -0.142. The van der Waals surface area contributed by atoms with E-state index in [4.69, 9.17) is 0 Å². The Morgan fingerprint density at radius 3 is 2.47 bits per heavy atom. The molecule has 1 N–H and O–H groups in total. The topological polar surface area (TPSA) is 93.9 Å². The van der Waals surface area contributed by atoms with Gasteiger partial charge < -0.3 is 5.32 Å². The minimum Gasteiger partial charge on any atom is -0.346 e. The van der Waals surface area contributed by atoms with E-state index >= 15 is 0 Å². The van der Waals surface area contributed by atoms with Gasteiger partial charge in [0.2, 0.25) is 5.91 Å². The molecule has 4 aromatic rings. The first-order valence-electron chi connectivity index (χ1n) is 13.8. The minimum absolute atomic E-state index is 0.140. The molecular weight excluding hydrogens is 584 g/mol. The summed E-state index contributed by atoms with van der Waals surface area (Å²) in [5, 5.41) is 6.71. The second-order valence-corrected chi connectivity index (χ2v) is 12.8. The van der Waals surface area contributed by atoms with Gasteiger partial charge in [-0.25, -0.2) is 12.8 Å². The SMILES string of the molecule is Cc1cc(F)cc(C[C@H](NC(=O)Cn2nc(C(F)(F)F)c3c2CCCC3)c2ncccc2-c2ccc(S(C)(=O)=O)cc2)c1. The number of hydrogen-bond donors (Lipinski definition) is 1. The summed E-state index contributed by atoms with van der Waals surface area (Å²) < 4.78 is 80.5. The Morgan fingerprint density at radius 1 is 1.07 bits per heavy atom. The van der Waals surface area contributed by atoms with Gasteiger partial charge in [-0.1, -0.05) is 24.3 Å². The van der Waals surface area contributed by atoms with E-state index in [2.05, 4.69) is 15.4 Å².